The fourth-order valence-corrected chi connectivity index (χ4v) is 3.73. The molecule has 7 nitrogen and oxygen atoms in total. The lowest BCUT2D eigenvalue weighted by Crippen LogP contribution is -2.54. The van der Waals surface area contributed by atoms with Crippen molar-refractivity contribution in [2.24, 2.45) is 0 Å². The van der Waals surface area contributed by atoms with Crippen LogP contribution in [0.3, 0.4) is 0 Å². The molecule has 2 N–H and O–H groups in total. The van der Waals surface area contributed by atoms with Crippen LogP contribution in [0.5, 0.6) is 0 Å². The maximum absolute atomic E-state index is 12.8. The molecule has 2 saturated heterocycles. The average Bonchev–Trinajstić information content (AvgIpc) is 3.39. The van der Waals surface area contributed by atoms with Crippen LogP contribution in [0, 0.1) is 6.92 Å². The van der Waals surface area contributed by atoms with Gasteiger partial charge in [-0.3, -0.25) is 9.59 Å². The van der Waals surface area contributed by atoms with Gasteiger partial charge in [-0.1, -0.05) is 18.2 Å². The summed E-state index contributed by atoms with van der Waals surface area (Å²) in [5.41, 5.74) is 7.92. The average molecular weight is 368 g/mol. The summed E-state index contributed by atoms with van der Waals surface area (Å²) in [6, 6.07) is 11.1. The Labute approximate surface area is 158 Å². The zero-order chi connectivity index (χ0) is 18.8. The minimum Gasteiger partial charge on any atom is -0.468 e. The number of furan rings is 1. The SMILES string of the molecule is Cc1ccccc1C(=O)N1CCN(C(=O)C2CC(c3ccco3)NN2)CC1. The Morgan fingerprint density at radius 2 is 1.74 bits per heavy atom. The van der Waals surface area contributed by atoms with E-state index in [1.807, 2.05) is 53.1 Å². The maximum Gasteiger partial charge on any atom is 0.254 e. The summed E-state index contributed by atoms with van der Waals surface area (Å²) in [4.78, 5) is 29.2. The number of hydrazine groups is 1. The Morgan fingerprint density at radius 3 is 2.44 bits per heavy atom. The third-order valence-electron chi connectivity index (χ3n) is 5.34. The molecule has 0 bridgehead atoms. The van der Waals surface area contributed by atoms with Crippen molar-refractivity contribution in [2.75, 3.05) is 26.2 Å². The molecule has 2 aliphatic rings. The Morgan fingerprint density at radius 1 is 1.00 bits per heavy atom. The predicted molar refractivity (Wildman–Crippen MR) is 99.8 cm³/mol. The van der Waals surface area contributed by atoms with E-state index in [2.05, 4.69) is 10.9 Å². The van der Waals surface area contributed by atoms with Crippen molar-refractivity contribution in [2.45, 2.75) is 25.4 Å². The topological polar surface area (TPSA) is 77.8 Å². The third-order valence-corrected chi connectivity index (χ3v) is 5.34. The van der Waals surface area contributed by atoms with Crippen LogP contribution >= 0.6 is 0 Å². The van der Waals surface area contributed by atoms with Crippen LogP contribution in [-0.2, 0) is 4.79 Å². The van der Waals surface area contributed by atoms with Gasteiger partial charge in [0.25, 0.3) is 5.91 Å². The highest BCUT2D eigenvalue weighted by atomic mass is 16.3. The second-order valence-electron chi connectivity index (χ2n) is 7.08. The van der Waals surface area contributed by atoms with Crippen LogP contribution in [0.15, 0.2) is 47.1 Å². The molecule has 2 unspecified atom stereocenters. The van der Waals surface area contributed by atoms with Gasteiger partial charge in [0.15, 0.2) is 0 Å². The van der Waals surface area contributed by atoms with Gasteiger partial charge in [-0.25, -0.2) is 10.9 Å². The molecule has 1 aromatic heterocycles. The molecular formula is C20H24N4O3. The Bertz CT molecular complexity index is 812. The smallest absolute Gasteiger partial charge is 0.254 e. The van der Waals surface area contributed by atoms with Crippen molar-refractivity contribution in [3.63, 3.8) is 0 Å². The van der Waals surface area contributed by atoms with Crippen LogP contribution in [0.4, 0.5) is 0 Å². The number of rotatable bonds is 3. The summed E-state index contributed by atoms with van der Waals surface area (Å²) in [6.45, 7) is 4.17. The third kappa shape index (κ3) is 3.61. The van der Waals surface area contributed by atoms with E-state index in [9.17, 15) is 9.59 Å². The molecule has 142 valence electrons. The van der Waals surface area contributed by atoms with Gasteiger partial charge < -0.3 is 14.2 Å². The van der Waals surface area contributed by atoms with E-state index >= 15 is 0 Å². The van der Waals surface area contributed by atoms with Gasteiger partial charge in [-0.05, 0) is 37.1 Å². The number of carbonyl (C=O) groups is 2. The fraction of sp³-hybridized carbons (Fsp3) is 0.400. The van der Waals surface area contributed by atoms with Crippen LogP contribution < -0.4 is 10.9 Å². The number of nitrogens with one attached hydrogen (secondary N) is 2. The molecule has 2 aliphatic heterocycles. The van der Waals surface area contributed by atoms with Gasteiger partial charge >= 0.3 is 0 Å². The summed E-state index contributed by atoms with van der Waals surface area (Å²) in [5.74, 6) is 0.935. The molecular weight excluding hydrogens is 344 g/mol. The van der Waals surface area contributed by atoms with Crippen LogP contribution in [-0.4, -0.2) is 53.8 Å². The number of hydrogen-bond acceptors (Lipinski definition) is 5. The lowest BCUT2D eigenvalue weighted by Gasteiger charge is -2.36. The van der Waals surface area contributed by atoms with Gasteiger partial charge in [-0.2, -0.15) is 0 Å². The van der Waals surface area contributed by atoms with E-state index in [1.165, 1.54) is 0 Å². The second kappa shape index (κ2) is 7.54. The van der Waals surface area contributed by atoms with Crippen LogP contribution in [0.25, 0.3) is 0 Å². The molecule has 2 aromatic rings. The zero-order valence-electron chi connectivity index (χ0n) is 15.4. The number of amides is 2. The quantitative estimate of drug-likeness (QED) is 0.858. The Balaban J connectivity index is 1.32. The minimum absolute atomic E-state index is 0.00197. The number of carbonyl (C=O) groups excluding carboxylic acids is 2. The first-order chi connectivity index (χ1) is 13.1. The molecule has 0 radical (unpaired) electrons. The Kier molecular flexibility index (Phi) is 4.96. The normalized spacial score (nSPS) is 22.9. The summed E-state index contributed by atoms with van der Waals surface area (Å²) in [7, 11) is 0. The fourth-order valence-electron chi connectivity index (χ4n) is 3.73. The highest BCUT2D eigenvalue weighted by Gasteiger charge is 2.35. The highest BCUT2D eigenvalue weighted by molar-refractivity contribution is 5.95. The molecule has 3 heterocycles. The monoisotopic (exact) mass is 368 g/mol. The summed E-state index contributed by atoms with van der Waals surface area (Å²) in [6.07, 6.45) is 2.28. The van der Waals surface area contributed by atoms with Crippen molar-refractivity contribution in [3.05, 3.63) is 59.5 Å². The maximum atomic E-state index is 12.8. The summed E-state index contributed by atoms with van der Waals surface area (Å²) < 4.78 is 5.41. The van der Waals surface area contributed by atoms with Gasteiger partial charge in [-0.15, -0.1) is 0 Å². The van der Waals surface area contributed by atoms with Crippen molar-refractivity contribution in [1.29, 1.82) is 0 Å². The molecule has 0 saturated carbocycles. The molecule has 27 heavy (non-hydrogen) atoms. The first kappa shape index (κ1) is 17.8. The Hall–Kier alpha value is -2.64. The highest BCUT2D eigenvalue weighted by Crippen LogP contribution is 2.23. The van der Waals surface area contributed by atoms with E-state index < -0.39 is 0 Å². The minimum atomic E-state index is -0.279. The van der Waals surface area contributed by atoms with Crippen molar-refractivity contribution in [1.82, 2.24) is 20.7 Å². The van der Waals surface area contributed by atoms with Crippen LogP contribution in [0.2, 0.25) is 0 Å². The molecule has 2 amide bonds. The van der Waals surface area contributed by atoms with Crippen molar-refractivity contribution >= 4 is 11.8 Å². The largest absolute Gasteiger partial charge is 0.468 e. The van der Waals surface area contributed by atoms with E-state index in [4.69, 9.17) is 4.42 Å². The second-order valence-corrected chi connectivity index (χ2v) is 7.08. The lowest BCUT2D eigenvalue weighted by atomic mass is 10.1. The molecule has 4 rings (SSSR count). The number of nitrogens with zero attached hydrogens (tertiary/aromatic N) is 2. The summed E-state index contributed by atoms with van der Waals surface area (Å²) >= 11 is 0. The standard InChI is InChI=1S/C20H24N4O3/c1-14-5-2-3-6-15(14)19(25)23-8-10-24(11-9-23)20(26)17-13-16(21-22-17)18-7-4-12-27-18/h2-7,12,16-17,21-22H,8-11,13H2,1H3. The number of benzene rings is 1. The van der Waals surface area contributed by atoms with Gasteiger partial charge in [0.2, 0.25) is 5.91 Å². The first-order valence-electron chi connectivity index (χ1n) is 9.31. The number of piperazine rings is 1. The zero-order valence-corrected chi connectivity index (χ0v) is 15.4. The van der Waals surface area contributed by atoms with Crippen LogP contribution in [0.1, 0.15) is 34.1 Å². The predicted octanol–water partition coefficient (Wildman–Crippen LogP) is 1.48. The van der Waals surface area contributed by atoms with Gasteiger partial charge in [0, 0.05) is 31.7 Å². The molecule has 0 spiro atoms. The van der Waals surface area contributed by atoms with Crippen molar-refractivity contribution < 1.29 is 14.0 Å². The summed E-state index contributed by atoms with van der Waals surface area (Å²) in [5, 5.41) is 0. The van der Waals surface area contributed by atoms with E-state index in [0.717, 1.165) is 16.9 Å². The number of aryl methyl sites for hydroxylation is 1. The molecule has 2 fully saturated rings. The van der Waals surface area contributed by atoms with Crippen molar-refractivity contribution in [3.8, 4) is 0 Å². The first-order valence-corrected chi connectivity index (χ1v) is 9.31. The van der Waals surface area contributed by atoms with Gasteiger partial charge in [0.1, 0.15) is 11.8 Å². The molecule has 7 heteroatoms. The molecule has 0 aliphatic carbocycles. The molecule has 2 atom stereocenters. The molecule has 1 aromatic carbocycles. The lowest BCUT2D eigenvalue weighted by molar-refractivity contribution is -0.134. The van der Waals surface area contributed by atoms with E-state index in [-0.39, 0.29) is 23.9 Å². The van der Waals surface area contributed by atoms with Gasteiger partial charge in [0.05, 0.1) is 12.3 Å². The number of hydrogen-bond donors (Lipinski definition) is 2. The van der Waals surface area contributed by atoms with E-state index in [1.54, 1.807) is 6.26 Å². The van der Waals surface area contributed by atoms with E-state index in [0.29, 0.717) is 32.6 Å².